The predicted octanol–water partition coefficient (Wildman–Crippen LogP) is 4.20. The second-order valence-electron chi connectivity index (χ2n) is 6.53. The maximum Gasteiger partial charge on any atom is 0.290 e. The van der Waals surface area contributed by atoms with Gasteiger partial charge in [0.2, 0.25) is 0 Å². The molecule has 24 heavy (non-hydrogen) atoms. The molecule has 0 N–H and O–H groups in total. The van der Waals surface area contributed by atoms with Gasteiger partial charge in [-0.25, -0.2) is 0 Å². The van der Waals surface area contributed by atoms with Crippen LogP contribution in [-0.4, -0.2) is 31.0 Å². The summed E-state index contributed by atoms with van der Waals surface area (Å²) in [5.41, 5.74) is 0. The van der Waals surface area contributed by atoms with Crippen molar-refractivity contribution in [1.82, 2.24) is 4.90 Å². The summed E-state index contributed by atoms with van der Waals surface area (Å²) in [6.07, 6.45) is 1.16. The maximum absolute atomic E-state index is 12.6. The Kier molecular flexibility index (Phi) is 4.79. The monoisotopic (exact) mass is 329 g/mol. The van der Waals surface area contributed by atoms with E-state index in [1.165, 1.54) is 0 Å². The van der Waals surface area contributed by atoms with Crippen LogP contribution >= 0.6 is 0 Å². The number of nitrogens with zero attached hydrogens (tertiary/aromatic N) is 1. The topological polar surface area (TPSA) is 51.9 Å². The summed E-state index contributed by atoms with van der Waals surface area (Å²) in [6.45, 7) is 5.89. The molecule has 1 fully saturated rings. The zero-order valence-corrected chi connectivity index (χ0v) is 14.3. The summed E-state index contributed by atoms with van der Waals surface area (Å²) in [6, 6.07) is 10.6. The molecule has 2 aromatic rings. The van der Waals surface area contributed by atoms with E-state index in [-0.39, 0.29) is 11.9 Å². The SMILES string of the molecule is COc1ccccc1Oc1ccc(C(=O)N2C[C@@H](C)C[C@H](C)C2)o1. The standard InChI is InChI=1S/C19H23NO4/c1-13-10-14(2)12-20(11-13)19(21)17-8-9-18(24-17)23-16-7-5-4-6-15(16)22-3/h4-9,13-14H,10-12H2,1-3H3/t13-,14-/m0/s1. The molecule has 0 spiro atoms. The molecule has 5 nitrogen and oxygen atoms in total. The van der Waals surface area contributed by atoms with Crippen LogP contribution in [0.15, 0.2) is 40.8 Å². The number of piperidine rings is 1. The molecule has 1 amide bonds. The Morgan fingerprint density at radius 2 is 1.75 bits per heavy atom. The third-order valence-corrected chi connectivity index (χ3v) is 4.23. The molecule has 128 valence electrons. The molecule has 1 aliphatic heterocycles. The zero-order chi connectivity index (χ0) is 17.1. The summed E-state index contributed by atoms with van der Waals surface area (Å²) < 4.78 is 16.6. The van der Waals surface area contributed by atoms with Gasteiger partial charge in [0.05, 0.1) is 7.11 Å². The van der Waals surface area contributed by atoms with E-state index >= 15 is 0 Å². The van der Waals surface area contributed by atoms with Crippen LogP contribution in [0.1, 0.15) is 30.8 Å². The van der Waals surface area contributed by atoms with Crippen molar-refractivity contribution in [3.05, 3.63) is 42.2 Å². The Morgan fingerprint density at radius 1 is 1.08 bits per heavy atom. The smallest absolute Gasteiger partial charge is 0.290 e. The number of hydrogen-bond donors (Lipinski definition) is 0. The average Bonchev–Trinajstić information content (AvgIpc) is 3.02. The number of rotatable bonds is 4. The van der Waals surface area contributed by atoms with Gasteiger partial charge in [-0.2, -0.15) is 0 Å². The lowest BCUT2D eigenvalue weighted by Crippen LogP contribution is -2.42. The van der Waals surface area contributed by atoms with E-state index in [0.717, 1.165) is 19.5 Å². The van der Waals surface area contributed by atoms with Crippen LogP contribution in [-0.2, 0) is 0 Å². The molecule has 0 unspecified atom stereocenters. The molecule has 1 aromatic carbocycles. The summed E-state index contributed by atoms with van der Waals surface area (Å²) in [4.78, 5) is 14.5. The summed E-state index contributed by atoms with van der Waals surface area (Å²) >= 11 is 0. The van der Waals surface area contributed by atoms with E-state index in [0.29, 0.717) is 29.1 Å². The van der Waals surface area contributed by atoms with Crippen molar-refractivity contribution in [1.29, 1.82) is 0 Å². The van der Waals surface area contributed by atoms with Crippen molar-refractivity contribution in [2.45, 2.75) is 20.3 Å². The van der Waals surface area contributed by atoms with Gasteiger partial charge in [-0.3, -0.25) is 4.79 Å². The van der Waals surface area contributed by atoms with Crippen LogP contribution in [0.25, 0.3) is 0 Å². The van der Waals surface area contributed by atoms with E-state index in [4.69, 9.17) is 13.9 Å². The fraction of sp³-hybridized carbons (Fsp3) is 0.421. The Hall–Kier alpha value is -2.43. The molecule has 5 heteroatoms. The summed E-state index contributed by atoms with van der Waals surface area (Å²) in [7, 11) is 1.58. The van der Waals surface area contributed by atoms with Gasteiger partial charge in [0.1, 0.15) is 0 Å². The third-order valence-electron chi connectivity index (χ3n) is 4.23. The first-order valence-corrected chi connectivity index (χ1v) is 8.26. The molecule has 1 aliphatic rings. The minimum absolute atomic E-state index is 0.0803. The van der Waals surface area contributed by atoms with Gasteiger partial charge in [0.15, 0.2) is 17.3 Å². The lowest BCUT2D eigenvalue weighted by atomic mass is 9.92. The first-order valence-electron chi connectivity index (χ1n) is 8.26. The van der Waals surface area contributed by atoms with Gasteiger partial charge in [0, 0.05) is 19.2 Å². The van der Waals surface area contributed by atoms with Gasteiger partial charge < -0.3 is 18.8 Å². The van der Waals surface area contributed by atoms with Crippen molar-refractivity contribution in [2.24, 2.45) is 11.8 Å². The molecule has 0 bridgehead atoms. The predicted molar refractivity (Wildman–Crippen MR) is 90.6 cm³/mol. The fourth-order valence-corrected chi connectivity index (χ4v) is 3.29. The van der Waals surface area contributed by atoms with Crippen molar-refractivity contribution in [3.8, 4) is 17.4 Å². The Bertz CT molecular complexity index is 699. The Balaban J connectivity index is 1.72. The fourth-order valence-electron chi connectivity index (χ4n) is 3.29. The zero-order valence-electron chi connectivity index (χ0n) is 14.3. The lowest BCUT2D eigenvalue weighted by molar-refractivity contribution is 0.0587. The number of hydrogen-bond acceptors (Lipinski definition) is 4. The molecular weight excluding hydrogens is 306 g/mol. The highest BCUT2D eigenvalue weighted by Gasteiger charge is 2.28. The summed E-state index contributed by atoms with van der Waals surface area (Å²) in [5.74, 6) is 2.69. The first kappa shape index (κ1) is 16.4. The number of likely N-dealkylation sites (tertiary alicyclic amines) is 1. The number of carbonyl (C=O) groups is 1. The number of para-hydroxylation sites is 2. The number of carbonyl (C=O) groups excluding carboxylic acids is 1. The van der Waals surface area contributed by atoms with Crippen molar-refractivity contribution in [2.75, 3.05) is 20.2 Å². The van der Waals surface area contributed by atoms with Crippen LogP contribution in [0.4, 0.5) is 0 Å². The molecule has 1 aromatic heterocycles. The minimum atomic E-state index is -0.0803. The van der Waals surface area contributed by atoms with Gasteiger partial charge in [-0.1, -0.05) is 26.0 Å². The third kappa shape index (κ3) is 3.55. The first-order chi connectivity index (χ1) is 11.6. The molecule has 0 aliphatic carbocycles. The molecule has 2 atom stereocenters. The summed E-state index contributed by atoms with van der Waals surface area (Å²) in [5, 5.41) is 0. The number of benzene rings is 1. The highest BCUT2D eigenvalue weighted by molar-refractivity contribution is 5.91. The number of furan rings is 1. The molecule has 0 saturated carbocycles. The van der Waals surface area contributed by atoms with E-state index < -0.39 is 0 Å². The largest absolute Gasteiger partial charge is 0.493 e. The van der Waals surface area contributed by atoms with Gasteiger partial charge in [0.25, 0.3) is 11.9 Å². The number of methoxy groups -OCH3 is 1. The van der Waals surface area contributed by atoms with E-state index in [9.17, 15) is 4.79 Å². The molecule has 2 heterocycles. The number of ether oxygens (including phenoxy) is 2. The van der Waals surface area contributed by atoms with Crippen molar-refractivity contribution >= 4 is 5.91 Å². The van der Waals surface area contributed by atoms with Crippen LogP contribution in [0.5, 0.6) is 17.4 Å². The second-order valence-corrected chi connectivity index (χ2v) is 6.53. The Morgan fingerprint density at radius 3 is 2.42 bits per heavy atom. The lowest BCUT2D eigenvalue weighted by Gasteiger charge is -2.34. The average molecular weight is 329 g/mol. The quantitative estimate of drug-likeness (QED) is 0.843. The highest BCUT2D eigenvalue weighted by Crippen LogP contribution is 2.32. The van der Waals surface area contributed by atoms with E-state index in [1.807, 2.05) is 17.0 Å². The number of amides is 1. The van der Waals surface area contributed by atoms with Crippen LogP contribution in [0.3, 0.4) is 0 Å². The van der Waals surface area contributed by atoms with Crippen LogP contribution in [0, 0.1) is 11.8 Å². The molecule has 0 radical (unpaired) electrons. The van der Waals surface area contributed by atoms with Gasteiger partial charge in [-0.05, 0) is 36.5 Å². The van der Waals surface area contributed by atoms with Crippen LogP contribution < -0.4 is 9.47 Å². The normalized spacial score (nSPS) is 20.7. The van der Waals surface area contributed by atoms with Crippen LogP contribution in [0.2, 0.25) is 0 Å². The van der Waals surface area contributed by atoms with Gasteiger partial charge in [-0.15, -0.1) is 0 Å². The maximum atomic E-state index is 12.6. The highest BCUT2D eigenvalue weighted by atomic mass is 16.6. The van der Waals surface area contributed by atoms with E-state index in [1.54, 1.807) is 31.4 Å². The van der Waals surface area contributed by atoms with E-state index in [2.05, 4.69) is 13.8 Å². The Labute approximate surface area is 142 Å². The van der Waals surface area contributed by atoms with Crippen molar-refractivity contribution in [3.63, 3.8) is 0 Å². The molecule has 3 rings (SSSR count). The molecule has 1 saturated heterocycles. The molecular formula is C19H23NO4. The second kappa shape index (κ2) is 6.99. The van der Waals surface area contributed by atoms with Gasteiger partial charge >= 0.3 is 0 Å². The van der Waals surface area contributed by atoms with Crippen molar-refractivity contribution < 1.29 is 18.7 Å². The minimum Gasteiger partial charge on any atom is -0.493 e.